The number of nitrogens with zero attached hydrogens (tertiary/aromatic N) is 1. The molecule has 1 N–H and O–H groups in total. The molecule has 1 saturated carbocycles. The highest BCUT2D eigenvalue weighted by Gasteiger charge is 2.36. The number of benzene rings is 1. The van der Waals surface area contributed by atoms with Crippen molar-refractivity contribution in [2.24, 2.45) is 5.92 Å². The number of hydrogen-bond donors (Lipinski definition) is 1. The van der Waals surface area contributed by atoms with Crippen LogP contribution in [-0.2, 0) is 19.1 Å². The number of esters is 1. The van der Waals surface area contributed by atoms with Crippen LogP contribution in [0, 0.1) is 19.8 Å². The first-order valence-electron chi connectivity index (χ1n) is 12.8. The van der Waals surface area contributed by atoms with Gasteiger partial charge in [0.05, 0.1) is 19.8 Å². The van der Waals surface area contributed by atoms with Gasteiger partial charge in [-0.05, 0) is 57.6 Å². The van der Waals surface area contributed by atoms with Crippen LogP contribution in [0.5, 0.6) is 11.5 Å². The van der Waals surface area contributed by atoms with Crippen molar-refractivity contribution in [1.82, 2.24) is 10.3 Å². The van der Waals surface area contributed by atoms with E-state index in [-0.39, 0.29) is 35.8 Å². The van der Waals surface area contributed by atoms with Crippen LogP contribution >= 0.6 is 0 Å². The minimum absolute atomic E-state index is 0.00354. The van der Waals surface area contributed by atoms with Gasteiger partial charge in [-0.3, -0.25) is 9.59 Å². The number of ether oxygens (including phenoxy) is 4. The first-order chi connectivity index (χ1) is 18.1. The number of rotatable bonds is 13. The highest BCUT2D eigenvalue weighted by molar-refractivity contribution is 5.97. The average Bonchev–Trinajstić information content (AvgIpc) is 2.85. The molecule has 1 aromatic carbocycles. The second kappa shape index (κ2) is 12.9. The smallest absolute Gasteiger partial charge is 0.305 e. The third-order valence-electron chi connectivity index (χ3n) is 7.02. The van der Waals surface area contributed by atoms with Crippen molar-refractivity contribution < 1.29 is 33.3 Å². The van der Waals surface area contributed by atoms with Gasteiger partial charge in [-0.2, -0.15) is 0 Å². The lowest BCUT2D eigenvalue weighted by molar-refractivity contribution is -0.147. The van der Waals surface area contributed by atoms with Gasteiger partial charge in [0, 0.05) is 25.1 Å². The molecule has 1 amide bonds. The maximum Gasteiger partial charge on any atom is 0.305 e. The van der Waals surface area contributed by atoms with Gasteiger partial charge in [-0.15, -0.1) is 0 Å². The molecular formula is C29H38N2O7. The fourth-order valence-corrected chi connectivity index (χ4v) is 4.78. The second-order valence-electron chi connectivity index (χ2n) is 10.2. The lowest BCUT2D eigenvalue weighted by Crippen LogP contribution is -2.52. The maximum atomic E-state index is 13.2. The fraction of sp³-hybridized carbons (Fsp3) is 0.517. The summed E-state index contributed by atoms with van der Waals surface area (Å²) in [5.74, 6) is -0.265. The second-order valence-corrected chi connectivity index (χ2v) is 10.2. The predicted octanol–water partition coefficient (Wildman–Crippen LogP) is 4.28. The van der Waals surface area contributed by atoms with Gasteiger partial charge in [-0.1, -0.05) is 30.2 Å². The summed E-state index contributed by atoms with van der Waals surface area (Å²) >= 11 is 0. The number of methoxy groups -OCH3 is 1. The molecule has 9 nitrogen and oxygen atoms in total. The molecule has 0 aliphatic heterocycles. The van der Waals surface area contributed by atoms with Crippen LogP contribution < -0.4 is 14.8 Å². The lowest BCUT2D eigenvalue weighted by atomic mass is 9.70. The Morgan fingerprint density at radius 2 is 1.97 bits per heavy atom. The summed E-state index contributed by atoms with van der Waals surface area (Å²) in [5.41, 5.74) is 2.27. The zero-order valence-corrected chi connectivity index (χ0v) is 23.0. The van der Waals surface area contributed by atoms with Crippen LogP contribution in [0.3, 0.4) is 0 Å². The number of hydrogen-bond acceptors (Lipinski definition) is 8. The van der Waals surface area contributed by atoms with E-state index in [9.17, 15) is 14.4 Å². The molecule has 3 rings (SSSR count). The molecule has 1 aromatic heterocycles. The van der Waals surface area contributed by atoms with E-state index >= 15 is 0 Å². The topological polar surface area (TPSA) is 113 Å². The summed E-state index contributed by atoms with van der Waals surface area (Å²) in [6, 6.07) is 8.00. The summed E-state index contributed by atoms with van der Waals surface area (Å²) < 4.78 is 21.8. The molecule has 1 aliphatic rings. The van der Waals surface area contributed by atoms with Crippen LogP contribution in [-0.4, -0.2) is 55.3 Å². The molecule has 0 unspecified atom stereocenters. The highest BCUT2D eigenvalue weighted by atomic mass is 16.7. The van der Waals surface area contributed by atoms with Crippen LogP contribution in [0.25, 0.3) is 0 Å². The van der Waals surface area contributed by atoms with E-state index < -0.39 is 24.2 Å². The van der Waals surface area contributed by atoms with Crippen molar-refractivity contribution in [3.8, 4) is 11.5 Å². The molecule has 0 radical (unpaired) electrons. The largest absolute Gasteiger partial charge is 0.493 e. The van der Waals surface area contributed by atoms with Gasteiger partial charge in [0.2, 0.25) is 6.79 Å². The van der Waals surface area contributed by atoms with Crippen molar-refractivity contribution in [2.75, 3.05) is 20.5 Å². The summed E-state index contributed by atoms with van der Waals surface area (Å²) in [6.45, 7) is 8.62. The average molecular weight is 527 g/mol. The number of aldehydes is 1. The predicted molar refractivity (Wildman–Crippen MR) is 141 cm³/mol. The van der Waals surface area contributed by atoms with Crippen molar-refractivity contribution in [2.45, 2.75) is 71.4 Å². The Morgan fingerprint density at radius 3 is 2.55 bits per heavy atom. The summed E-state index contributed by atoms with van der Waals surface area (Å²) in [7, 11) is 1.41. The molecule has 0 bridgehead atoms. The summed E-state index contributed by atoms with van der Waals surface area (Å²) in [4.78, 5) is 40.6. The van der Waals surface area contributed by atoms with Gasteiger partial charge in [-0.25, -0.2) is 4.98 Å². The Kier molecular flexibility index (Phi) is 9.85. The quantitative estimate of drug-likeness (QED) is 0.234. The zero-order valence-electron chi connectivity index (χ0n) is 23.0. The standard InChI is InChI=1S/C29H38N2O7/c1-18-10-11-23(19(2)14-18)25(22-8-7-9-22)20(3)36-16-29(5,15-32)31-28(34)26-27(38-17-37-21(4)33)24(35-6)12-13-30-26/h10-15,20,22,25H,7-9,16-17H2,1-6H3,(H,31,34)/t20-,25+,29-/m0/s1. The summed E-state index contributed by atoms with van der Waals surface area (Å²) in [5, 5.41) is 2.72. The Morgan fingerprint density at radius 1 is 1.24 bits per heavy atom. The van der Waals surface area contributed by atoms with Crippen molar-refractivity contribution in [3.05, 3.63) is 52.8 Å². The minimum Gasteiger partial charge on any atom is -0.493 e. The Balaban J connectivity index is 1.74. The van der Waals surface area contributed by atoms with E-state index in [1.807, 2.05) is 6.92 Å². The van der Waals surface area contributed by atoms with Crippen molar-refractivity contribution in [1.29, 1.82) is 0 Å². The fourth-order valence-electron chi connectivity index (χ4n) is 4.78. The number of amides is 1. The molecule has 0 saturated heterocycles. The number of aryl methyl sites for hydroxylation is 2. The monoisotopic (exact) mass is 526 g/mol. The van der Waals surface area contributed by atoms with Gasteiger partial charge < -0.3 is 29.1 Å². The molecule has 1 heterocycles. The van der Waals surface area contributed by atoms with E-state index in [0.717, 1.165) is 12.8 Å². The Labute approximate surface area is 224 Å². The highest BCUT2D eigenvalue weighted by Crippen LogP contribution is 2.43. The summed E-state index contributed by atoms with van der Waals surface area (Å²) in [6.07, 6.45) is 5.37. The van der Waals surface area contributed by atoms with E-state index in [0.29, 0.717) is 12.2 Å². The van der Waals surface area contributed by atoms with Gasteiger partial charge >= 0.3 is 5.97 Å². The van der Waals surface area contributed by atoms with Crippen LogP contribution in [0.4, 0.5) is 0 Å². The Bertz CT molecular complexity index is 1150. The minimum atomic E-state index is -1.32. The zero-order chi connectivity index (χ0) is 27.9. The van der Waals surface area contributed by atoms with Crippen molar-refractivity contribution >= 4 is 18.2 Å². The van der Waals surface area contributed by atoms with Gasteiger partial charge in [0.1, 0.15) is 11.8 Å². The third-order valence-corrected chi connectivity index (χ3v) is 7.02. The van der Waals surface area contributed by atoms with E-state index in [1.165, 1.54) is 49.4 Å². The number of nitrogens with one attached hydrogen (secondary N) is 1. The molecule has 206 valence electrons. The SMILES string of the molecule is COc1ccnc(C(=O)N[C@@](C)(C=O)CO[C@@H](C)[C@@H](c2ccc(C)cc2C)C2CCC2)c1OCOC(C)=O. The van der Waals surface area contributed by atoms with E-state index in [4.69, 9.17) is 18.9 Å². The maximum absolute atomic E-state index is 13.2. The number of pyridine rings is 1. The molecular weight excluding hydrogens is 488 g/mol. The van der Waals surface area contributed by atoms with Crippen LogP contribution in [0.15, 0.2) is 30.5 Å². The molecule has 1 aliphatic carbocycles. The number of aromatic nitrogens is 1. The molecule has 38 heavy (non-hydrogen) atoms. The first-order valence-corrected chi connectivity index (χ1v) is 12.8. The van der Waals surface area contributed by atoms with Crippen LogP contribution in [0.1, 0.15) is 73.1 Å². The van der Waals surface area contributed by atoms with E-state index in [1.54, 1.807) is 6.92 Å². The van der Waals surface area contributed by atoms with Gasteiger partial charge in [0.25, 0.3) is 5.91 Å². The molecule has 9 heteroatoms. The molecule has 0 spiro atoms. The molecule has 2 aromatic rings. The van der Waals surface area contributed by atoms with E-state index in [2.05, 4.69) is 42.3 Å². The molecule has 3 atom stereocenters. The number of carbonyl (C=O) groups is 3. The molecule has 1 fully saturated rings. The van der Waals surface area contributed by atoms with Crippen LogP contribution in [0.2, 0.25) is 0 Å². The first kappa shape index (κ1) is 29.1. The van der Waals surface area contributed by atoms with Crippen molar-refractivity contribution in [3.63, 3.8) is 0 Å². The lowest BCUT2D eigenvalue weighted by Gasteiger charge is -2.39. The Hall–Kier alpha value is -3.46. The normalized spacial score (nSPS) is 16.4. The number of carbonyl (C=O) groups excluding carboxylic acids is 3. The van der Waals surface area contributed by atoms with Gasteiger partial charge in [0.15, 0.2) is 17.2 Å². The third kappa shape index (κ3) is 7.10.